The van der Waals surface area contributed by atoms with Gasteiger partial charge in [0.1, 0.15) is 5.76 Å². The van der Waals surface area contributed by atoms with Gasteiger partial charge in [-0.3, -0.25) is 9.59 Å². The molecule has 0 unspecified atom stereocenters. The third-order valence-electron chi connectivity index (χ3n) is 2.52. The number of nitrogens with zero attached hydrogens (tertiary/aromatic N) is 1. The van der Waals surface area contributed by atoms with Crippen molar-refractivity contribution in [2.24, 2.45) is 0 Å². The summed E-state index contributed by atoms with van der Waals surface area (Å²) in [6.07, 6.45) is 0.0932. The van der Waals surface area contributed by atoms with E-state index in [1.807, 2.05) is 18.2 Å². The van der Waals surface area contributed by atoms with Gasteiger partial charge in [0.15, 0.2) is 0 Å². The molecule has 2 amide bonds. The summed E-state index contributed by atoms with van der Waals surface area (Å²) in [5.41, 5.74) is 1.24. The molecular weight excluding hydrogens is 258 g/mol. The van der Waals surface area contributed by atoms with Crippen molar-refractivity contribution in [3.63, 3.8) is 0 Å². The first-order chi connectivity index (χ1) is 9.63. The van der Waals surface area contributed by atoms with E-state index in [1.54, 1.807) is 25.1 Å². The van der Waals surface area contributed by atoms with Crippen molar-refractivity contribution in [1.29, 1.82) is 0 Å². The van der Waals surface area contributed by atoms with Crippen molar-refractivity contribution in [3.05, 3.63) is 47.9 Å². The third-order valence-corrected chi connectivity index (χ3v) is 2.52. The standard InChI is InChI=1S/C14H15N3O3/c1-10-7-12(17-20-10)8-13(18)15-9-14(19)16-11-5-3-2-4-6-11/h2-7H,8-9H2,1H3,(H,15,18)(H,16,19). The third kappa shape index (κ3) is 4.24. The topological polar surface area (TPSA) is 84.2 Å². The number of aromatic nitrogens is 1. The van der Waals surface area contributed by atoms with Crippen molar-refractivity contribution in [3.8, 4) is 0 Å². The number of para-hydroxylation sites is 1. The summed E-state index contributed by atoms with van der Waals surface area (Å²) >= 11 is 0. The molecule has 0 atom stereocenters. The van der Waals surface area contributed by atoms with Gasteiger partial charge in [-0.25, -0.2) is 0 Å². The van der Waals surface area contributed by atoms with Crippen LogP contribution in [0.4, 0.5) is 5.69 Å². The molecule has 20 heavy (non-hydrogen) atoms. The molecule has 0 aliphatic heterocycles. The zero-order valence-corrected chi connectivity index (χ0v) is 11.1. The Hall–Kier alpha value is -2.63. The number of rotatable bonds is 5. The van der Waals surface area contributed by atoms with Crippen LogP contribution in [0.1, 0.15) is 11.5 Å². The first-order valence-electron chi connectivity index (χ1n) is 6.17. The van der Waals surface area contributed by atoms with Gasteiger partial charge < -0.3 is 15.2 Å². The van der Waals surface area contributed by atoms with Gasteiger partial charge >= 0.3 is 0 Å². The molecule has 0 spiro atoms. The van der Waals surface area contributed by atoms with Crippen molar-refractivity contribution in [1.82, 2.24) is 10.5 Å². The largest absolute Gasteiger partial charge is 0.361 e. The van der Waals surface area contributed by atoms with Gasteiger partial charge in [-0.05, 0) is 19.1 Å². The van der Waals surface area contributed by atoms with Crippen molar-refractivity contribution < 1.29 is 14.1 Å². The van der Waals surface area contributed by atoms with Crippen LogP contribution in [0.3, 0.4) is 0 Å². The van der Waals surface area contributed by atoms with Gasteiger partial charge in [-0.1, -0.05) is 23.4 Å². The highest BCUT2D eigenvalue weighted by Crippen LogP contribution is 2.04. The molecule has 0 aliphatic carbocycles. The van der Waals surface area contributed by atoms with Gasteiger partial charge in [0.05, 0.1) is 18.7 Å². The molecule has 2 N–H and O–H groups in total. The molecule has 2 rings (SSSR count). The van der Waals surface area contributed by atoms with E-state index in [4.69, 9.17) is 4.52 Å². The van der Waals surface area contributed by atoms with E-state index in [0.717, 1.165) is 0 Å². The molecule has 1 heterocycles. The number of hydrogen-bond acceptors (Lipinski definition) is 4. The average Bonchev–Trinajstić information content (AvgIpc) is 2.83. The van der Waals surface area contributed by atoms with E-state index in [9.17, 15) is 9.59 Å². The Morgan fingerprint density at radius 1 is 1.20 bits per heavy atom. The molecule has 6 nitrogen and oxygen atoms in total. The summed E-state index contributed by atoms with van der Waals surface area (Å²) in [6, 6.07) is 10.7. The number of nitrogens with one attached hydrogen (secondary N) is 2. The number of carbonyl (C=O) groups excluding carboxylic acids is 2. The Kier molecular flexibility index (Phi) is 4.49. The van der Waals surface area contributed by atoms with Crippen LogP contribution in [0.15, 0.2) is 40.9 Å². The Morgan fingerprint density at radius 2 is 1.95 bits per heavy atom. The molecule has 0 saturated heterocycles. The highest BCUT2D eigenvalue weighted by Gasteiger charge is 2.09. The maximum atomic E-state index is 11.6. The van der Waals surface area contributed by atoms with Crippen LogP contribution in [0, 0.1) is 6.92 Å². The van der Waals surface area contributed by atoms with E-state index < -0.39 is 0 Å². The minimum absolute atomic E-state index is 0.0788. The lowest BCUT2D eigenvalue weighted by molar-refractivity contribution is -0.123. The van der Waals surface area contributed by atoms with E-state index in [1.165, 1.54) is 0 Å². The normalized spacial score (nSPS) is 10.1. The molecule has 0 aliphatic rings. The summed E-state index contributed by atoms with van der Waals surface area (Å²) in [5, 5.41) is 8.92. The van der Waals surface area contributed by atoms with Crippen LogP contribution in [-0.4, -0.2) is 23.5 Å². The van der Waals surface area contributed by atoms with Crippen LogP contribution in [0.2, 0.25) is 0 Å². The van der Waals surface area contributed by atoms with E-state index >= 15 is 0 Å². The number of hydrogen-bond donors (Lipinski definition) is 2. The second-order valence-electron chi connectivity index (χ2n) is 4.30. The smallest absolute Gasteiger partial charge is 0.243 e. The van der Waals surface area contributed by atoms with Crippen molar-refractivity contribution in [2.45, 2.75) is 13.3 Å². The summed E-state index contributed by atoms with van der Waals surface area (Å²) < 4.78 is 4.86. The Balaban J connectivity index is 1.74. The summed E-state index contributed by atoms with van der Waals surface area (Å²) in [4.78, 5) is 23.2. The van der Waals surface area contributed by atoms with Crippen LogP contribution < -0.4 is 10.6 Å². The SMILES string of the molecule is Cc1cc(CC(=O)NCC(=O)Nc2ccccc2)no1. The second-order valence-corrected chi connectivity index (χ2v) is 4.30. The van der Waals surface area contributed by atoms with Crippen molar-refractivity contribution >= 4 is 17.5 Å². The summed E-state index contributed by atoms with van der Waals surface area (Å²) in [6.45, 7) is 1.67. The molecule has 104 valence electrons. The second kappa shape index (κ2) is 6.51. The number of benzene rings is 1. The van der Waals surface area contributed by atoms with Crippen LogP contribution in [0.25, 0.3) is 0 Å². The lowest BCUT2D eigenvalue weighted by Gasteiger charge is -2.06. The van der Waals surface area contributed by atoms with E-state index in [0.29, 0.717) is 17.1 Å². The zero-order valence-electron chi connectivity index (χ0n) is 11.1. The Labute approximate surface area is 116 Å². The lowest BCUT2D eigenvalue weighted by Crippen LogP contribution is -2.33. The van der Waals surface area contributed by atoms with Crippen LogP contribution in [0.5, 0.6) is 0 Å². The predicted octanol–water partition coefficient (Wildman–Crippen LogP) is 1.28. The van der Waals surface area contributed by atoms with Gasteiger partial charge in [0.2, 0.25) is 11.8 Å². The maximum absolute atomic E-state index is 11.6. The monoisotopic (exact) mass is 273 g/mol. The van der Waals surface area contributed by atoms with Crippen LogP contribution >= 0.6 is 0 Å². The van der Waals surface area contributed by atoms with E-state index in [2.05, 4.69) is 15.8 Å². The molecule has 0 saturated carbocycles. The molecular formula is C14H15N3O3. The summed E-state index contributed by atoms with van der Waals surface area (Å²) in [5.74, 6) is 0.0945. The molecule has 2 aromatic rings. The highest BCUT2D eigenvalue weighted by molar-refractivity contribution is 5.94. The lowest BCUT2D eigenvalue weighted by atomic mass is 10.3. The Morgan fingerprint density at radius 3 is 2.60 bits per heavy atom. The fraction of sp³-hybridized carbons (Fsp3) is 0.214. The van der Waals surface area contributed by atoms with Crippen molar-refractivity contribution in [2.75, 3.05) is 11.9 Å². The molecule has 0 fully saturated rings. The number of carbonyl (C=O) groups is 2. The number of aryl methyl sites for hydroxylation is 1. The van der Waals surface area contributed by atoms with Gasteiger partial charge in [-0.15, -0.1) is 0 Å². The molecule has 0 bridgehead atoms. The maximum Gasteiger partial charge on any atom is 0.243 e. The van der Waals surface area contributed by atoms with Gasteiger partial charge in [-0.2, -0.15) is 0 Å². The number of anilines is 1. The first kappa shape index (κ1) is 13.8. The minimum Gasteiger partial charge on any atom is -0.361 e. The average molecular weight is 273 g/mol. The van der Waals surface area contributed by atoms with E-state index in [-0.39, 0.29) is 24.8 Å². The fourth-order valence-corrected chi connectivity index (χ4v) is 1.63. The highest BCUT2D eigenvalue weighted by atomic mass is 16.5. The molecule has 0 radical (unpaired) electrons. The van der Waals surface area contributed by atoms with Crippen LogP contribution in [-0.2, 0) is 16.0 Å². The fourth-order valence-electron chi connectivity index (χ4n) is 1.63. The first-order valence-corrected chi connectivity index (χ1v) is 6.17. The van der Waals surface area contributed by atoms with Gasteiger partial charge in [0.25, 0.3) is 0 Å². The molecule has 1 aromatic carbocycles. The number of amides is 2. The predicted molar refractivity (Wildman–Crippen MR) is 73.0 cm³/mol. The molecule has 6 heteroatoms. The minimum atomic E-state index is -0.277. The molecule has 1 aromatic heterocycles. The zero-order chi connectivity index (χ0) is 14.4. The van der Waals surface area contributed by atoms with Gasteiger partial charge in [0, 0.05) is 11.8 Å². The Bertz CT molecular complexity index is 593. The quantitative estimate of drug-likeness (QED) is 0.859. The summed E-state index contributed by atoms with van der Waals surface area (Å²) in [7, 11) is 0.